The first-order valence-corrected chi connectivity index (χ1v) is 6.24. The Kier molecular flexibility index (Phi) is 2.46. The summed E-state index contributed by atoms with van der Waals surface area (Å²) in [5, 5.41) is 10.8. The molecule has 1 unspecified atom stereocenters. The van der Waals surface area contributed by atoms with Gasteiger partial charge in [-0.2, -0.15) is 0 Å². The van der Waals surface area contributed by atoms with E-state index in [1.807, 2.05) is 18.3 Å². The van der Waals surface area contributed by atoms with Crippen LogP contribution in [0.2, 0.25) is 0 Å². The van der Waals surface area contributed by atoms with Gasteiger partial charge in [-0.1, -0.05) is 0 Å². The molecule has 0 saturated carbocycles. The lowest BCUT2D eigenvalue weighted by atomic mass is 10.0. The molecule has 4 heteroatoms. The van der Waals surface area contributed by atoms with Crippen molar-refractivity contribution < 1.29 is 5.11 Å². The molecule has 1 N–H and O–H groups in total. The number of rotatable bonds is 1. The van der Waals surface area contributed by atoms with Gasteiger partial charge in [0.25, 0.3) is 0 Å². The van der Waals surface area contributed by atoms with Crippen molar-refractivity contribution in [1.82, 2.24) is 9.97 Å². The predicted molar refractivity (Wildman–Crippen MR) is 63.2 cm³/mol. The second-order valence-corrected chi connectivity index (χ2v) is 5.01. The highest BCUT2D eigenvalue weighted by Gasteiger charge is 2.22. The lowest BCUT2D eigenvalue weighted by Gasteiger charge is -2.14. The maximum atomic E-state index is 9.88. The number of nitrogens with zero attached hydrogens (tertiary/aromatic N) is 2. The summed E-state index contributed by atoms with van der Waals surface area (Å²) in [6, 6.07) is 3.91. The Morgan fingerprint density at radius 2 is 2.38 bits per heavy atom. The van der Waals surface area contributed by atoms with Gasteiger partial charge in [-0.05, 0) is 31.4 Å². The molecule has 0 saturated heterocycles. The van der Waals surface area contributed by atoms with E-state index in [2.05, 4.69) is 9.97 Å². The number of thiazole rings is 1. The zero-order chi connectivity index (χ0) is 11.0. The zero-order valence-electron chi connectivity index (χ0n) is 8.76. The molecule has 0 amide bonds. The molecule has 16 heavy (non-hydrogen) atoms. The summed E-state index contributed by atoms with van der Waals surface area (Å²) in [4.78, 5) is 9.73. The Hall–Kier alpha value is -1.26. The fraction of sp³-hybridized carbons (Fsp3) is 0.333. The lowest BCUT2D eigenvalue weighted by molar-refractivity contribution is 0.160. The number of aliphatic hydroxyl groups excluding tert-OH is 1. The van der Waals surface area contributed by atoms with Crippen LogP contribution in [0.4, 0.5) is 0 Å². The van der Waals surface area contributed by atoms with Crippen molar-refractivity contribution in [1.29, 1.82) is 0 Å². The molecule has 1 atom stereocenters. The maximum Gasteiger partial charge on any atom is 0.125 e. The molecular weight excluding hydrogens is 220 g/mol. The van der Waals surface area contributed by atoms with E-state index < -0.39 is 0 Å². The number of fused-ring (bicyclic) bond motifs is 1. The van der Waals surface area contributed by atoms with Gasteiger partial charge in [-0.15, -0.1) is 11.3 Å². The quantitative estimate of drug-likeness (QED) is 0.822. The summed E-state index contributed by atoms with van der Waals surface area (Å²) in [5.41, 5.74) is 2.11. The smallest absolute Gasteiger partial charge is 0.125 e. The van der Waals surface area contributed by atoms with Crippen LogP contribution in [0.5, 0.6) is 0 Å². The number of aryl methyl sites for hydroxylation is 1. The van der Waals surface area contributed by atoms with Crippen LogP contribution >= 0.6 is 11.3 Å². The van der Waals surface area contributed by atoms with Gasteiger partial charge in [0.05, 0.1) is 16.7 Å². The maximum absolute atomic E-state index is 9.88. The molecule has 0 aliphatic heterocycles. The van der Waals surface area contributed by atoms with Crippen molar-refractivity contribution in [2.24, 2.45) is 0 Å². The molecule has 0 aromatic carbocycles. The number of pyridine rings is 1. The van der Waals surface area contributed by atoms with Crippen molar-refractivity contribution in [2.45, 2.75) is 25.4 Å². The molecule has 3 rings (SSSR count). The largest absolute Gasteiger partial charge is 0.388 e. The topological polar surface area (TPSA) is 46.0 Å². The summed E-state index contributed by atoms with van der Waals surface area (Å²) in [7, 11) is 0. The molecule has 3 nitrogen and oxygen atoms in total. The monoisotopic (exact) mass is 232 g/mol. The molecule has 1 aliphatic rings. The van der Waals surface area contributed by atoms with Crippen LogP contribution in [-0.4, -0.2) is 15.1 Å². The number of aromatic nitrogens is 2. The van der Waals surface area contributed by atoms with E-state index in [0.717, 1.165) is 40.4 Å². The second kappa shape index (κ2) is 3.96. The van der Waals surface area contributed by atoms with Gasteiger partial charge in [0.2, 0.25) is 0 Å². The minimum absolute atomic E-state index is 0.313. The van der Waals surface area contributed by atoms with E-state index in [0.29, 0.717) is 0 Å². The summed E-state index contributed by atoms with van der Waals surface area (Å²) in [5.74, 6) is 0. The zero-order valence-corrected chi connectivity index (χ0v) is 9.57. The highest BCUT2D eigenvalue weighted by molar-refractivity contribution is 7.15. The van der Waals surface area contributed by atoms with Gasteiger partial charge >= 0.3 is 0 Å². The van der Waals surface area contributed by atoms with Gasteiger partial charge in [-0.25, -0.2) is 4.98 Å². The molecule has 0 bridgehead atoms. The van der Waals surface area contributed by atoms with E-state index in [1.165, 1.54) is 0 Å². The average Bonchev–Trinajstić information content (AvgIpc) is 2.76. The molecular formula is C12H12N2OS. The Bertz CT molecular complexity index is 495. The lowest BCUT2D eigenvalue weighted by Crippen LogP contribution is -2.06. The van der Waals surface area contributed by atoms with Gasteiger partial charge in [0, 0.05) is 18.0 Å². The molecule has 2 aromatic rings. The standard InChI is InChI=1S/C12H12N2OS/c15-10-5-1-4-9-11(10)16-12(14-9)8-3-2-6-13-7-8/h2-3,6-7,10,15H,1,4-5H2. The van der Waals surface area contributed by atoms with Crippen molar-refractivity contribution in [3.63, 3.8) is 0 Å². The Balaban J connectivity index is 2.05. The molecule has 82 valence electrons. The minimum Gasteiger partial charge on any atom is -0.388 e. The van der Waals surface area contributed by atoms with E-state index in [9.17, 15) is 5.11 Å². The van der Waals surface area contributed by atoms with Gasteiger partial charge in [0.1, 0.15) is 5.01 Å². The normalized spacial score (nSPS) is 19.4. The van der Waals surface area contributed by atoms with Crippen LogP contribution in [0, 0.1) is 0 Å². The van der Waals surface area contributed by atoms with Crippen LogP contribution in [0.3, 0.4) is 0 Å². The summed E-state index contributed by atoms with van der Waals surface area (Å²) in [6.07, 6.45) is 6.14. The van der Waals surface area contributed by atoms with Crippen molar-refractivity contribution in [2.75, 3.05) is 0 Å². The fourth-order valence-corrected chi connectivity index (χ4v) is 3.13. The first kappa shape index (κ1) is 9.93. The van der Waals surface area contributed by atoms with Crippen LogP contribution in [0.1, 0.15) is 29.5 Å². The first-order chi connectivity index (χ1) is 7.84. The third-order valence-corrected chi connectivity index (χ3v) is 4.08. The summed E-state index contributed by atoms with van der Waals surface area (Å²) >= 11 is 1.60. The second-order valence-electron chi connectivity index (χ2n) is 3.98. The average molecular weight is 232 g/mol. The van der Waals surface area contributed by atoms with Crippen LogP contribution in [0.25, 0.3) is 10.6 Å². The molecule has 2 aromatic heterocycles. The van der Waals surface area contributed by atoms with E-state index in [1.54, 1.807) is 17.5 Å². The molecule has 2 heterocycles. The van der Waals surface area contributed by atoms with E-state index >= 15 is 0 Å². The SMILES string of the molecule is OC1CCCc2nc(-c3cccnc3)sc21. The molecule has 1 aliphatic carbocycles. The molecule has 0 fully saturated rings. The Morgan fingerprint density at radius 3 is 3.12 bits per heavy atom. The fourth-order valence-electron chi connectivity index (χ4n) is 2.01. The van der Waals surface area contributed by atoms with E-state index in [-0.39, 0.29) is 6.10 Å². The van der Waals surface area contributed by atoms with Gasteiger partial charge in [-0.3, -0.25) is 4.98 Å². The highest BCUT2D eigenvalue weighted by Crippen LogP contribution is 2.37. The Morgan fingerprint density at radius 1 is 1.44 bits per heavy atom. The third kappa shape index (κ3) is 1.64. The number of hydrogen-bond donors (Lipinski definition) is 1. The minimum atomic E-state index is -0.313. The molecule has 0 spiro atoms. The van der Waals surface area contributed by atoms with Crippen molar-refractivity contribution >= 4 is 11.3 Å². The first-order valence-electron chi connectivity index (χ1n) is 5.42. The highest BCUT2D eigenvalue weighted by atomic mass is 32.1. The molecule has 0 radical (unpaired) electrons. The van der Waals surface area contributed by atoms with Crippen LogP contribution in [-0.2, 0) is 6.42 Å². The van der Waals surface area contributed by atoms with Crippen molar-refractivity contribution in [3.8, 4) is 10.6 Å². The van der Waals surface area contributed by atoms with Gasteiger partial charge < -0.3 is 5.11 Å². The van der Waals surface area contributed by atoms with Crippen LogP contribution < -0.4 is 0 Å². The van der Waals surface area contributed by atoms with Crippen LogP contribution in [0.15, 0.2) is 24.5 Å². The summed E-state index contributed by atoms with van der Waals surface area (Å²) < 4.78 is 0. The Labute approximate surface area is 97.8 Å². The predicted octanol–water partition coefficient (Wildman–Crippen LogP) is 2.57. The van der Waals surface area contributed by atoms with Crippen molar-refractivity contribution in [3.05, 3.63) is 35.1 Å². The van der Waals surface area contributed by atoms with E-state index in [4.69, 9.17) is 0 Å². The number of aliphatic hydroxyl groups is 1. The van der Waals surface area contributed by atoms with Gasteiger partial charge in [0.15, 0.2) is 0 Å². The summed E-state index contributed by atoms with van der Waals surface area (Å²) in [6.45, 7) is 0. The third-order valence-electron chi connectivity index (χ3n) is 2.83. The number of hydrogen-bond acceptors (Lipinski definition) is 4.